The van der Waals surface area contributed by atoms with Gasteiger partial charge in [0.05, 0.1) is 5.69 Å². The maximum absolute atomic E-state index is 12.0. The molecule has 0 atom stereocenters. The quantitative estimate of drug-likeness (QED) is 0.629. The Bertz CT molecular complexity index is 540. The largest absolute Gasteiger partial charge is 0.482 e. The number of ether oxygens (including phenoxy) is 1. The highest BCUT2D eigenvalue weighted by atomic mass is 16.5. The van der Waals surface area contributed by atoms with Crippen LogP contribution in [0, 0.1) is 0 Å². The maximum Gasteiger partial charge on any atom is 0.265 e. The monoisotopic (exact) mass is 274 g/mol. The molecule has 0 saturated heterocycles. The van der Waals surface area contributed by atoms with Crippen LogP contribution in [0.5, 0.6) is 5.75 Å². The molecule has 0 fully saturated rings. The molecule has 0 saturated carbocycles. The molecular formula is C15H18N2O3. The van der Waals surface area contributed by atoms with Crippen molar-refractivity contribution in [2.24, 2.45) is 0 Å². The second-order valence-electron chi connectivity index (χ2n) is 4.54. The van der Waals surface area contributed by atoms with E-state index in [-0.39, 0.29) is 18.3 Å². The molecular weight excluding hydrogens is 256 g/mol. The highest BCUT2D eigenvalue weighted by Gasteiger charge is 2.25. The van der Waals surface area contributed by atoms with Gasteiger partial charge in [0.25, 0.3) is 5.91 Å². The van der Waals surface area contributed by atoms with E-state index in [1.165, 1.54) is 0 Å². The van der Waals surface area contributed by atoms with E-state index in [0.29, 0.717) is 36.5 Å². The fourth-order valence-electron chi connectivity index (χ4n) is 2.09. The molecule has 1 aromatic rings. The van der Waals surface area contributed by atoms with Crippen molar-refractivity contribution in [1.82, 2.24) is 5.32 Å². The van der Waals surface area contributed by atoms with E-state index in [4.69, 9.17) is 4.74 Å². The van der Waals surface area contributed by atoms with Crippen molar-refractivity contribution in [2.75, 3.05) is 31.6 Å². The highest BCUT2D eigenvalue weighted by molar-refractivity contribution is 6.02. The second kappa shape index (κ2) is 6.34. The van der Waals surface area contributed by atoms with Crippen LogP contribution in [0.2, 0.25) is 0 Å². The molecule has 2 rings (SSSR count). The van der Waals surface area contributed by atoms with E-state index < -0.39 is 0 Å². The minimum absolute atomic E-state index is 0.0217. The molecule has 1 aliphatic heterocycles. The molecule has 0 radical (unpaired) electrons. The molecule has 20 heavy (non-hydrogen) atoms. The normalized spacial score (nSPS) is 13.7. The van der Waals surface area contributed by atoms with E-state index in [1.54, 1.807) is 36.2 Å². The van der Waals surface area contributed by atoms with Gasteiger partial charge in [-0.25, -0.2) is 0 Å². The van der Waals surface area contributed by atoms with Crippen molar-refractivity contribution < 1.29 is 14.3 Å². The number of amides is 1. The number of anilines is 1. The molecule has 0 unspecified atom stereocenters. The number of Topliss-reactive ketones (excluding diaryl/α,β-unsaturated/α-hetero) is 1. The summed E-state index contributed by atoms with van der Waals surface area (Å²) in [7, 11) is 1.80. The van der Waals surface area contributed by atoms with Crippen LogP contribution in [0.3, 0.4) is 0 Å². The lowest BCUT2D eigenvalue weighted by Gasteiger charge is -2.28. The van der Waals surface area contributed by atoms with Gasteiger partial charge in [0.15, 0.2) is 12.4 Å². The standard InChI is InChI=1S/C15H18N2O3/c1-3-8-17-12-9-11(13(18)6-7-16-2)4-5-14(12)20-10-15(17)19/h3-5,9,16H,1,6-8,10H2,2H3. The molecule has 0 bridgehead atoms. The van der Waals surface area contributed by atoms with Crippen molar-refractivity contribution in [3.63, 3.8) is 0 Å². The summed E-state index contributed by atoms with van der Waals surface area (Å²) in [6.07, 6.45) is 2.08. The fourth-order valence-corrected chi connectivity index (χ4v) is 2.09. The van der Waals surface area contributed by atoms with E-state index >= 15 is 0 Å². The van der Waals surface area contributed by atoms with E-state index in [2.05, 4.69) is 11.9 Å². The number of nitrogens with one attached hydrogen (secondary N) is 1. The van der Waals surface area contributed by atoms with Crippen molar-refractivity contribution >= 4 is 17.4 Å². The zero-order valence-corrected chi connectivity index (χ0v) is 11.5. The molecule has 106 valence electrons. The van der Waals surface area contributed by atoms with Crippen molar-refractivity contribution in [3.05, 3.63) is 36.4 Å². The first-order valence-corrected chi connectivity index (χ1v) is 6.53. The zero-order valence-electron chi connectivity index (χ0n) is 11.5. The summed E-state index contributed by atoms with van der Waals surface area (Å²) in [6, 6.07) is 5.19. The third-order valence-corrected chi connectivity index (χ3v) is 3.14. The van der Waals surface area contributed by atoms with Crippen LogP contribution in [-0.4, -0.2) is 38.4 Å². The number of carbonyl (C=O) groups is 2. The van der Waals surface area contributed by atoms with Gasteiger partial charge >= 0.3 is 0 Å². The lowest BCUT2D eigenvalue weighted by atomic mass is 10.1. The van der Waals surface area contributed by atoms with Crippen LogP contribution in [0.15, 0.2) is 30.9 Å². The zero-order chi connectivity index (χ0) is 14.5. The lowest BCUT2D eigenvalue weighted by molar-refractivity contribution is -0.121. The van der Waals surface area contributed by atoms with Crippen molar-refractivity contribution in [1.29, 1.82) is 0 Å². The Kier molecular flexibility index (Phi) is 4.53. The van der Waals surface area contributed by atoms with Crippen LogP contribution < -0.4 is 15.0 Å². The van der Waals surface area contributed by atoms with Crippen LogP contribution in [0.1, 0.15) is 16.8 Å². The van der Waals surface area contributed by atoms with Crippen LogP contribution in [-0.2, 0) is 4.79 Å². The molecule has 5 heteroatoms. The van der Waals surface area contributed by atoms with Gasteiger partial charge in [-0.3, -0.25) is 9.59 Å². The van der Waals surface area contributed by atoms with E-state index in [9.17, 15) is 9.59 Å². The maximum atomic E-state index is 12.0. The number of nitrogens with zero attached hydrogens (tertiary/aromatic N) is 1. The smallest absolute Gasteiger partial charge is 0.265 e. The molecule has 0 aliphatic carbocycles. The minimum Gasteiger partial charge on any atom is -0.482 e. The fraction of sp³-hybridized carbons (Fsp3) is 0.333. The predicted molar refractivity (Wildman–Crippen MR) is 77.4 cm³/mol. The van der Waals surface area contributed by atoms with Crippen LogP contribution in [0.4, 0.5) is 5.69 Å². The van der Waals surface area contributed by atoms with Crippen LogP contribution >= 0.6 is 0 Å². The molecule has 1 heterocycles. The Morgan fingerprint density at radius 3 is 3.05 bits per heavy atom. The molecule has 1 amide bonds. The summed E-state index contributed by atoms with van der Waals surface area (Å²) in [4.78, 5) is 25.5. The summed E-state index contributed by atoms with van der Waals surface area (Å²) >= 11 is 0. The van der Waals surface area contributed by atoms with Gasteiger partial charge in [-0.15, -0.1) is 6.58 Å². The van der Waals surface area contributed by atoms with Gasteiger partial charge in [-0.2, -0.15) is 0 Å². The summed E-state index contributed by atoms with van der Waals surface area (Å²) in [5, 5.41) is 2.94. The molecule has 5 nitrogen and oxygen atoms in total. The molecule has 1 aliphatic rings. The van der Waals surface area contributed by atoms with Gasteiger partial charge in [-0.1, -0.05) is 6.08 Å². The van der Waals surface area contributed by atoms with Gasteiger partial charge in [-0.05, 0) is 25.2 Å². The SMILES string of the molecule is C=CCN1C(=O)COc2ccc(C(=O)CCNC)cc21. The highest BCUT2D eigenvalue weighted by Crippen LogP contribution is 2.33. The topological polar surface area (TPSA) is 58.6 Å². The Hall–Kier alpha value is -2.14. The van der Waals surface area contributed by atoms with Gasteiger partial charge < -0.3 is 15.0 Å². The average Bonchev–Trinajstić information content (AvgIpc) is 2.47. The molecule has 0 spiro atoms. The lowest BCUT2D eigenvalue weighted by Crippen LogP contribution is -2.38. The number of rotatable bonds is 6. The number of benzene rings is 1. The minimum atomic E-state index is -0.128. The summed E-state index contributed by atoms with van der Waals surface area (Å²) in [6.45, 7) is 4.70. The molecule has 0 aromatic heterocycles. The number of hydrogen-bond donors (Lipinski definition) is 1. The van der Waals surface area contributed by atoms with E-state index in [1.807, 2.05) is 0 Å². The Balaban J connectivity index is 2.30. The molecule has 1 N–H and O–H groups in total. The third kappa shape index (κ3) is 2.88. The third-order valence-electron chi connectivity index (χ3n) is 3.14. The van der Waals surface area contributed by atoms with Crippen molar-refractivity contribution in [3.8, 4) is 5.75 Å². The summed E-state index contributed by atoms with van der Waals surface area (Å²) < 4.78 is 5.38. The van der Waals surface area contributed by atoms with Crippen LogP contribution in [0.25, 0.3) is 0 Å². The van der Waals surface area contributed by atoms with E-state index in [0.717, 1.165) is 0 Å². The summed E-state index contributed by atoms with van der Waals surface area (Å²) in [5.74, 6) is 0.535. The number of hydrogen-bond acceptors (Lipinski definition) is 4. The average molecular weight is 274 g/mol. The van der Waals surface area contributed by atoms with Gasteiger partial charge in [0.2, 0.25) is 0 Å². The Morgan fingerprint density at radius 1 is 1.55 bits per heavy atom. The number of fused-ring (bicyclic) bond motifs is 1. The second-order valence-corrected chi connectivity index (χ2v) is 4.54. The van der Waals surface area contributed by atoms with Crippen molar-refractivity contribution in [2.45, 2.75) is 6.42 Å². The first kappa shape index (κ1) is 14.3. The van der Waals surface area contributed by atoms with Gasteiger partial charge in [0, 0.05) is 25.1 Å². The number of ketones is 1. The first-order valence-electron chi connectivity index (χ1n) is 6.53. The summed E-state index contributed by atoms with van der Waals surface area (Å²) in [5.41, 5.74) is 1.22. The first-order chi connectivity index (χ1) is 9.67. The number of carbonyl (C=O) groups excluding carboxylic acids is 2. The van der Waals surface area contributed by atoms with Gasteiger partial charge in [0.1, 0.15) is 5.75 Å². The Labute approximate surface area is 118 Å². The predicted octanol–water partition coefficient (Wildman–Crippen LogP) is 1.39. The molecule has 1 aromatic carbocycles. The Morgan fingerprint density at radius 2 is 2.35 bits per heavy atom.